The third kappa shape index (κ3) is 3.87. The van der Waals surface area contributed by atoms with Gasteiger partial charge in [0.1, 0.15) is 0 Å². The quantitative estimate of drug-likeness (QED) is 0.838. The van der Waals surface area contributed by atoms with Crippen LogP contribution in [0.25, 0.3) is 0 Å². The second kappa shape index (κ2) is 6.64. The van der Waals surface area contributed by atoms with Gasteiger partial charge in [-0.1, -0.05) is 22.4 Å². The number of alkyl halides is 3. The van der Waals surface area contributed by atoms with Crippen molar-refractivity contribution in [2.45, 2.75) is 37.6 Å². The van der Waals surface area contributed by atoms with Crippen molar-refractivity contribution in [3.05, 3.63) is 33.8 Å². The van der Waals surface area contributed by atoms with E-state index in [0.717, 1.165) is 31.4 Å². The van der Waals surface area contributed by atoms with Gasteiger partial charge in [-0.15, -0.1) is 12.4 Å². The summed E-state index contributed by atoms with van der Waals surface area (Å²) in [6.07, 6.45) is -2.39. The molecule has 1 aromatic rings. The second-order valence-electron chi connectivity index (χ2n) is 4.98. The van der Waals surface area contributed by atoms with Gasteiger partial charge in [0.2, 0.25) is 0 Å². The van der Waals surface area contributed by atoms with Gasteiger partial charge >= 0.3 is 6.18 Å². The highest BCUT2D eigenvalue weighted by atomic mass is 79.9. The predicted octanol–water partition coefficient (Wildman–Crippen LogP) is 4.05. The molecule has 2 rings (SSSR count). The maximum absolute atomic E-state index is 12.7. The molecule has 0 spiro atoms. The van der Waals surface area contributed by atoms with Crippen LogP contribution in [0, 0.1) is 5.92 Å². The molecular weight excluding hydrogens is 359 g/mol. The van der Waals surface area contributed by atoms with Gasteiger partial charge in [-0.25, -0.2) is 0 Å². The molecule has 3 N–H and O–H groups in total. The molecule has 1 aliphatic rings. The van der Waals surface area contributed by atoms with Gasteiger partial charge in [-0.3, -0.25) is 0 Å². The van der Waals surface area contributed by atoms with Gasteiger partial charge in [0.15, 0.2) is 0 Å². The van der Waals surface area contributed by atoms with Crippen LogP contribution in [0.2, 0.25) is 0 Å². The number of nitrogens with two attached hydrogens (primary N) is 1. The van der Waals surface area contributed by atoms with E-state index in [-0.39, 0.29) is 18.3 Å². The van der Waals surface area contributed by atoms with Gasteiger partial charge in [0.25, 0.3) is 0 Å². The van der Waals surface area contributed by atoms with E-state index in [9.17, 15) is 18.3 Å². The molecule has 114 valence electrons. The number of rotatable bonds is 3. The van der Waals surface area contributed by atoms with Gasteiger partial charge < -0.3 is 10.8 Å². The SMILES string of the molecule is Cl.N[C@@H](c1cc(Br)cc(C(F)(F)F)c1)[C@H](O)C1CCC1. The van der Waals surface area contributed by atoms with Gasteiger partial charge in [-0.05, 0) is 42.5 Å². The molecule has 1 aromatic carbocycles. The first-order valence-electron chi connectivity index (χ1n) is 6.10. The first kappa shape index (κ1) is 17.8. The van der Waals surface area contributed by atoms with Gasteiger partial charge in [-0.2, -0.15) is 13.2 Å². The molecule has 0 bridgehead atoms. The molecule has 1 saturated carbocycles. The van der Waals surface area contributed by atoms with Crippen LogP contribution in [0.5, 0.6) is 0 Å². The standard InChI is InChI=1S/C13H15BrF3NO.ClH/c14-10-5-8(4-9(6-10)13(15,16)17)11(18)12(19)7-2-1-3-7;/h4-7,11-12,19H,1-3,18H2;1H/t11-,12+;/m0./s1. The Kier molecular flexibility index (Phi) is 5.89. The predicted molar refractivity (Wildman–Crippen MR) is 76.7 cm³/mol. The highest BCUT2D eigenvalue weighted by Gasteiger charge is 2.34. The summed E-state index contributed by atoms with van der Waals surface area (Å²) in [7, 11) is 0. The first-order chi connectivity index (χ1) is 8.79. The van der Waals surface area contributed by atoms with Crippen molar-refractivity contribution in [2.75, 3.05) is 0 Å². The lowest BCUT2D eigenvalue weighted by Crippen LogP contribution is -2.36. The van der Waals surface area contributed by atoms with Crippen LogP contribution in [-0.4, -0.2) is 11.2 Å². The van der Waals surface area contributed by atoms with E-state index in [2.05, 4.69) is 15.9 Å². The largest absolute Gasteiger partial charge is 0.416 e. The van der Waals surface area contributed by atoms with E-state index >= 15 is 0 Å². The second-order valence-corrected chi connectivity index (χ2v) is 5.89. The van der Waals surface area contributed by atoms with Crippen molar-refractivity contribution < 1.29 is 18.3 Å². The highest BCUT2D eigenvalue weighted by molar-refractivity contribution is 9.10. The van der Waals surface area contributed by atoms with Crippen LogP contribution < -0.4 is 5.73 Å². The topological polar surface area (TPSA) is 46.2 Å². The molecule has 0 aliphatic heterocycles. The summed E-state index contributed by atoms with van der Waals surface area (Å²) >= 11 is 3.05. The lowest BCUT2D eigenvalue weighted by molar-refractivity contribution is -0.137. The summed E-state index contributed by atoms with van der Waals surface area (Å²) in [4.78, 5) is 0. The molecule has 1 fully saturated rings. The fraction of sp³-hybridized carbons (Fsp3) is 0.538. The summed E-state index contributed by atoms with van der Waals surface area (Å²) in [6, 6.07) is 2.76. The number of aliphatic hydroxyl groups is 1. The molecule has 0 radical (unpaired) electrons. The zero-order valence-corrected chi connectivity index (χ0v) is 12.9. The van der Waals surface area contributed by atoms with E-state index in [1.807, 2.05) is 0 Å². The number of aliphatic hydroxyl groups excluding tert-OH is 1. The number of hydrogen-bond donors (Lipinski definition) is 2. The molecule has 0 heterocycles. The Bertz CT molecular complexity index is 465. The Morgan fingerprint density at radius 3 is 2.30 bits per heavy atom. The summed E-state index contributed by atoms with van der Waals surface area (Å²) in [5, 5.41) is 10.1. The number of hydrogen-bond acceptors (Lipinski definition) is 2. The van der Waals surface area contributed by atoms with Crippen LogP contribution in [0.3, 0.4) is 0 Å². The lowest BCUT2D eigenvalue weighted by Gasteiger charge is -2.34. The van der Waals surface area contributed by atoms with Crippen LogP contribution in [-0.2, 0) is 6.18 Å². The van der Waals surface area contributed by atoms with E-state index in [1.54, 1.807) is 0 Å². The number of halogens is 5. The van der Waals surface area contributed by atoms with Crippen LogP contribution in [0.15, 0.2) is 22.7 Å². The van der Waals surface area contributed by atoms with Crippen molar-refractivity contribution in [2.24, 2.45) is 11.7 Å². The Morgan fingerprint density at radius 1 is 1.25 bits per heavy atom. The summed E-state index contributed by atoms with van der Waals surface area (Å²) in [5.41, 5.74) is 5.44. The van der Waals surface area contributed by atoms with E-state index < -0.39 is 23.9 Å². The molecule has 0 aromatic heterocycles. The summed E-state index contributed by atoms with van der Waals surface area (Å²) in [6.45, 7) is 0. The normalized spacial score (nSPS) is 18.9. The lowest BCUT2D eigenvalue weighted by atomic mass is 9.77. The fourth-order valence-electron chi connectivity index (χ4n) is 2.24. The molecule has 2 atom stereocenters. The zero-order valence-electron chi connectivity index (χ0n) is 10.5. The van der Waals surface area contributed by atoms with Crippen LogP contribution in [0.1, 0.15) is 36.4 Å². The molecule has 1 aliphatic carbocycles. The van der Waals surface area contributed by atoms with Crippen molar-refractivity contribution in [1.29, 1.82) is 0 Å². The maximum atomic E-state index is 12.7. The van der Waals surface area contributed by atoms with E-state index in [4.69, 9.17) is 5.73 Å². The number of benzene rings is 1. The maximum Gasteiger partial charge on any atom is 0.416 e. The minimum absolute atomic E-state index is 0. The minimum Gasteiger partial charge on any atom is -0.391 e. The summed E-state index contributed by atoms with van der Waals surface area (Å²) in [5.74, 6) is 0.100. The average molecular weight is 375 g/mol. The zero-order chi connectivity index (χ0) is 14.2. The molecule has 2 nitrogen and oxygen atoms in total. The molecule has 20 heavy (non-hydrogen) atoms. The Labute approximate surface area is 130 Å². The smallest absolute Gasteiger partial charge is 0.391 e. The van der Waals surface area contributed by atoms with Crippen molar-refractivity contribution >= 4 is 28.3 Å². The Morgan fingerprint density at radius 2 is 1.85 bits per heavy atom. The Hall–Kier alpha value is -0.300. The van der Waals surface area contributed by atoms with Gasteiger partial charge in [0, 0.05) is 4.47 Å². The fourth-order valence-corrected chi connectivity index (χ4v) is 2.75. The van der Waals surface area contributed by atoms with Crippen molar-refractivity contribution in [3.8, 4) is 0 Å². The molecular formula is C13H16BrClF3NO. The third-order valence-corrected chi connectivity index (χ3v) is 4.09. The minimum atomic E-state index is -4.42. The third-order valence-electron chi connectivity index (χ3n) is 3.63. The van der Waals surface area contributed by atoms with E-state index in [0.29, 0.717) is 10.0 Å². The Balaban J connectivity index is 0.00000200. The van der Waals surface area contributed by atoms with Crippen molar-refractivity contribution in [1.82, 2.24) is 0 Å². The van der Waals surface area contributed by atoms with Crippen molar-refractivity contribution in [3.63, 3.8) is 0 Å². The molecule has 0 amide bonds. The first-order valence-corrected chi connectivity index (χ1v) is 6.89. The monoisotopic (exact) mass is 373 g/mol. The molecule has 0 unspecified atom stereocenters. The van der Waals surface area contributed by atoms with E-state index in [1.165, 1.54) is 6.07 Å². The highest BCUT2D eigenvalue weighted by Crippen LogP contribution is 2.37. The van der Waals surface area contributed by atoms with Crippen LogP contribution >= 0.6 is 28.3 Å². The average Bonchev–Trinajstić information content (AvgIpc) is 2.23. The summed E-state index contributed by atoms with van der Waals surface area (Å²) < 4.78 is 38.5. The molecule has 7 heteroatoms. The van der Waals surface area contributed by atoms with Gasteiger partial charge in [0.05, 0.1) is 17.7 Å². The molecule has 0 saturated heterocycles. The van der Waals surface area contributed by atoms with Crippen LogP contribution in [0.4, 0.5) is 13.2 Å².